The van der Waals surface area contributed by atoms with Gasteiger partial charge in [0.15, 0.2) is 9.84 Å². The van der Waals surface area contributed by atoms with Crippen LogP contribution in [-0.4, -0.2) is 69.6 Å². The van der Waals surface area contributed by atoms with Gasteiger partial charge in [-0.05, 0) is 48.4 Å². The van der Waals surface area contributed by atoms with Gasteiger partial charge in [-0.15, -0.1) is 0 Å². The molecule has 0 amide bonds. The van der Waals surface area contributed by atoms with Gasteiger partial charge in [0.1, 0.15) is 12.4 Å². The van der Waals surface area contributed by atoms with Crippen molar-refractivity contribution in [2.45, 2.75) is 23.4 Å². The Kier molecular flexibility index (Phi) is 7.54. The van der Waals surface area contributed by atoms with E-state index in [-0.39, 0.29) is 23.6 Å². The highest BCUT2D eigenvalue weighted by molar-refractivity contribution is 7.90. The molecular formula is C21H27ClN2O4S. The average molecular weight is 439 g/mol. The minimum absolute atomic E-state index is 0.0205. The van der Waals surface area contributed by atoms with Gasteiger partial charge in [-0.1, -0.05) is 23.7 Å². The highest BCUT2D eigenvalue weighted by Crippen LogP contribution is 2.18. The van der Waals surface area contributed by atoms with Crippen molar-refractivity contribution in [2.75, 3.05) is 39.1 Å². The van der Waals surface area contributed by atoms with E-state index in [1.165, 1.54) is 6.26 Å². The predicted octanol–water partition coefficient (Wildman–Crippen LogP) is 2.00. The first-order chi connectivity index (χ1) is 13.8. The molecule has 1 aliphatic rings. The van der Waals surface area contributed by atoms with Crippen LogP contribution in [0, 0.1) is 0 Å². The Morgan fingerprint density at radius 3 is 2.69 bits per heavy atom. The van der Waals surface area contributed by atoms with Gasteiger partial charge < -0.3 is 15.2 Å². The lowest BCUT2D eigenvalue weighted by Gasteiger charge is -2.38. The minimum Gasteiger partial charge on any atom is -0.492 e. The van der Waals surface area contributed by atoms with Gasteiger partial charge in [0, 0.05) is 37.0 Å². The zero-order valence-electron chi connectivity index (χ0n) is 16.4. The van der Waals surface area contributed by atoms with Crippen LogP contribution in [0.2, 0.25) is 5.02 Å². The second kappa shape index (κ2) is 9.91. The van der Waals surface area contributed by atoms with Crippen molar-refractivity contribution in [3.63, 3.8) is 0 Å². The number of benzene rings is 2. The molecule has 6 nitrogen and oxygen atoms in total. The number of nitrogens with zero attached hydrogens (tertiary/aromatic N) is 1. The SMILES string of the molecule is CS(=O)(=O)c1ccc(OC[C@@H]2CN([C@H](CO)Cc3cccc(Cl)c3)CCN2)cc1. The molecule has 0 aromatic heterocycles. The third-order valence-electron chi connectivity index (χ3n) is 5.08. The summed E-state index contributed by atoms with van der Waals surface area (Å²) in [6.07, 6.45) is 1.92. The number of halogens is 1. The quantitative estimate of drug-likeness (QED) is 0.656. The van der Waals surface area contributed by atoms with Crippen LogP contribution in [0.5, 0.6) is 5.75 Å². The summed E-state index contributed by atoms with van der Waals surface area (Å²) in [5.41, 5.74) is 1.11. The number of rotatable bonds is 8. The van der Waals surface area contributed by atoms with Gasteiger partial charge >= 0.3 is 0 Å². The maximum Gasteiger partial charge on any atom is 0.175 e. The second-order valence-corrected chi connectivity index (χ2v) is 9.82. The summed E-state index contributed by atoms with van der Waals surface area (Å²) < 4.78 is 28.9. The standard InChI is InChI=1S/C21H27ClN2O4S/c1-29(26,27)21-7-5-20(6-8-21)28-15-18-13-24(10-9-23-18)19(14-25)12-16-3-2-4-17(22)11-16/h2-8,11,18-19,23,25H,9-10,12-15H2,1H3/t18-,19-/m0/s1. The van der Waals surface area contributed by atoms with Crippen molar-refractivity contribution in [2.24, 2.45) is 0 Å². The molecule has 0 aliphatic carbocycles. The lowest BCUT2D eigenvalue weighted by atomic mass is 10.0. The molecule has 0 unspecified atom stereocenters. The summed E-state index contributed by atoms with van der Waals surface area (Å²) in [6.45, 7) is 2.96. The Bertz CT molecular complexity index is 905. The lowest BCUT2D eigenvalue weighted by molar-refractivity contribution is 0.0807. The highest BCUT2D eigenvalue weighted by Gasteiger charge is 2.26. The van der Waals surface area contributed by atoms with Gasteiger partial charge in [0.2, 0.25) is 0 Å². The summed E-state index contributed by atoms with van der Waals surface area (Å²) in [5, 5.41) is 14.1. The number of hydrogen-bond donors (Lipinski definition) is 2. The van der Waals surface area contributed by atoms with Crippen LogP contribution in [0.1, 0.15) is 5.56 Å². The highest BCUT2D eigenvalue weighted by atomic mass is 35.5. The van der Waals surface area contributed by atoms with Gasteiger partial charge in [0.05, 0.1) is 17.5 Å². The molecule has 1 fully saturated rings. The van der Waals surface area contributed by atoms with E-state index in [4.69, 9.17) is 16.3 Å². The molecule has 29 heavy (non-hydrogen) atoms. The van der Waals surface area contributed by atoms with E-state index in [2.05, 4.69) is 10.2 Å². The van der Waals surface area contributed by atoms with Crippen molar-refractivity contribution in [1.82, 2.24) is 10.2 Å². The monoisotopic (exact) mass is 438 g/mol. The molecule has 2 N–H and O–H groups in total. The molecule has 0 bridgehead atoms. The molecule has 0 saturated carbocycles. The van der Waals surface area contributed by atoms with Crippen molar-refractivity contribution < 1.29 is 18.3 Å². The number of nitrogens with one attached hydrogen (secondary N) is 1. The number of piperazine rings is 1. The van der Waals surface area contributed by atoms with Crippen molar-refractivity contribution in [3.8, 4) is 5.75 Å². The third-order valence-corrected chi connectivity index (χ3v) is 6.44. The van der Waals surface area contributed by atoms with Crippen LogP contribution < -0.4 is 10.1 Å². The Labute approximate surface area is 177 Å². The molecule has 0 spiro atoms. The lowest BCUT2D eigenvalue weighted by Crippen LogP contribution is -2.57. The van der Waals surface area contributed by atoms with Gasteiger partial charge in [-0.3, -0.25) is 4.90 Å². The minimum atomic E-state index is -3.21. The van der Waals surface area contributed by atoms with Gasteiger partial charge in [-0.2, -0.15) is 0 Å². The fourth-order valence-corrected chi connectivity index (χ4v) is 4.36. The zero-order valence-corrected chi connectivity index (χ0v) is 18.0. The molecule has 0 radical (unpaired) electrons. The Hall–Kier alpha value is -1.64. The van der Waals surface area contributed by atoms with Crippen LogP contribution in [0.3, 0.4) is 0 Å². The summed E-state index contributed by atoms with van der Waals surface area (Å²) in [7, 11) is -3.21. The molecule has 2 aromatic rings. The van der Waals surface area contributed by atoms with Gasteiger partial charge in [-0.25, -0.2) is 8.42 Å². The van der Waals surface area contributed by atoms with Crippen molar-refractivity contribution >= 4 is 21.4 Å². The maximum atomic E-state index is 11.5. The van der Waals surface area contributed by atoms with E-state index in [0.29, 0.717) is 17.4 Å². The smallest absolute Gasteiger partial charge is 0.175 e. The van der Waals surface area contributed by atoms with Gasteiger partial charge in [0.25, 0.3) is 0 Å². The van der Waals surface area contributed by atoms with Crippen LogP contribution in [0.15, 0.2) is 53.4 Å². The van der Waals surface area contributed by atoms with E-state index in [1.54, 1.807) is 24.3 Å². The third kappa shape index (κ3) is 6.42. The first kappa shape index (κ1) is 22.1. The number of hydrogen-bond acceptors (Lipinski definition) is 6. The Balaban J connectivity index is 1.55. The summed E-state index contributed by atoms with van der Waals surface area (Å²) in [5.74, 6) is 0.633. The van der Waals surface area contributed by atoms with Crippen LogP contribution in [0.25, 0.3) is 0 Å². The average Bonchev–Trinajstić information content (AvgIpc) is 2.70. The summed E-state index contributed by atoms with van der Waals surface area (Å²) >= 11 is 6.08. The van der Waals surface area contributed by atoms with E-state index >= 15 is 0 Å². The number of sulfone groups is 1. The molecule has 2 atom stereocenters. The van der Waals surface area contributed by atoms with Crippen molar-refractivity contribution in [1.29, 1.82) is 0 Å². The Morgan fingerprint density at radius 2 is 2.03 bits per heavy atom. The molecule has 1 saturated heterocycles. The molecule has 3 rings (SSSR count). The van der Waals surface area contributed by atoms with Crippen LogP contribution >= 0.6 is 11.6 Å². The predicted molar refractivity (Wildman–Crippen MR) is 114 cm³/mol. The maximum absolute atomic E-state index is 11.5. The van der Waals surface area contributed by atoms with Crippen LogP contribution in [-0.2, 0) is 16.3 Å². The van der Waals surface area contributed by atoms with E-state index in [0.717, 1.165) is 31.6 Å². The Morgan fingerprint density at radius 1 is 1.28 bits per heavy atom. The fourth-order valence-electron chi connectivity index (χ4n) is 3.52. The molecule has 1 aliphatic heterocycles. The van der Waals surface area contributed by atoms with Crippen LogP contribution in [0.4, 0.5) is 0 Å². The summed E-state index contributed by atoms with van der Waals surface area (Å²) in [6, 6.07) is 14.3. The molecule has 158 valence electrons. The largest absolute Gasteiger partial charge is 0.492 e. The van der Waals surface area contributed by atoms with E-state index < -0.39 is 9.84 Å². The topological polar surface area (TPSA) is 78.9 Å². The molecule has 2 aromatic carbocycles. The number of aliphatic hydroxyl groups excluding tert-OH is 1. The molecular weight excluding hydrogens is 412 g/mol. The fraction of sp³-hybridized carbons (Fsp3) is 0.429. The molecule has 8 heteroatoms. The first-order valence-corrected chi connectivity index (χ1v) is 11.9. The van der Waals surface area contributed by atoms with E-state index in [1.807, 2.05) is 24.3 Å². The van der Waals surface area contributed by atoms with Crippen molar-refractivity contribution in [3.05, 3.63) is 59.1 Å². The first-order valence-electron chi connectivity index (χ1n) is 9.61. The summed E-state index contributed by atoms with van der Waals surface area (Å²) in [4.78, 5) is 2.55. The second-order valence-electron chi connectivity index (χ2n) is 7.37. The number of ether oxygens (including phenoxy) is 1. The molecule has 1 heterocycles. The normalized spacial score (nSPS) is 19.1. The zero-order chi connectivity index (χ0) is 20.9. The number of aliphatic hydroxyl groups is 1. The van der Waals surface area contributed by atoms with E-state index in [9.17, 15) is 13.5 Å².